The zero-order valence-electron chi connectivity index (χ0n) is 10.1. The molecule has 2 aromatic heterocycles. The molecular weight excluding hydrogens is 242 g/mol. The highest BCUT2D eigenvalue weighted by Gasteiger charge is 2.04. The Kier molecular flexibility index (Phi) is 2.94. The molecule has 18 heavy (non-hydrogen) atoms. The first-order valence-corrected chi connectivity index (χ1v) is 6.69. The number of fused-ring (bicyclic) bond motifs is 1. The van der Waals surface area contributed by atoms with Crippen LogP contribution < -0.4 is 5.32 Å². The number of aryl methyl sites for hydroxylation is 1. The van der Waals surface area contributed by atoms with E-state index < -0.39 is 0 Å². The molecule has 0 amide bonds. The molecule has 0 atom stereocenters. The van der Waals surface area contributed by atoms with E-state index in [1.165, 1.54) is 4.88 Å². The van der Waals surface area contributed by atoms with E-state index in [1.54, 1.807) is 11.3 Å². The number of hydrogen-bond donors (Lipinski definition) is 1. The van der Waals surface area contributed by atoms with Crippen LogP contribution in [0.5, 0.6) is 0 Å². The van der Waals surface area contributed by atoms with E-state index in [1.807, 2.05) is 30.8 Å². The van der Waals surface area contributed by atoms with Crippen LogP contribution in [0, 0.1) is 6.92 Å². The monoisotopic (exact) mass is 255 g/mol. The third-order valence-corrected chi connectivity index (χ3v) is 3.85. The normalized spacial score (nSPS) is 10.7. The molecule has 0 aliphatic rings. The lowest BCUT2D eigenvalue weighted by Crippen LogP contribution is -2.00. The number of hydrogen-bond acceptors (Lipinski definition) is 4. The second-order valence-electron chi connectivity index (χ2n) is 4.10. The lowest BCUT2D eigenvalue weighted by atomic mass is 10.2. The van der Waals surface area contributed by atoms with Crippen molar-refractivity contribution in [1.82, 2.24) is 9.97 Å². The first kappa shape index (κ1) is 11.2. The summed E-state index contributed by atoms with van der Waals surface area (Å²) >= 11 is 1.68. The maximum Gasteiger partial charge on any atom is 0.0933 e. The van der Waals surface area contributed by atoms with E-state index in [0.29, 0.717) is 0 Å². The molecule has 0 aliphatic carbocycles. The Balaban J connectivity index is 1.89. The molecule has 0 saturated heterocycles. The van der Waals surface area contributed by atoms with Gasteiger partial charge in [-0.15, -0.1) is 11.3 Å². The summed E-state index contributed by atoms with van der Waals surface area (Å²) in [4.78, 5) is 9.95. The number of nitrogens with zero attached hydrogens (tertiary/aromatic N) is 2. The second-order valence-corrected chi connectivity index (χ2v) is 5.03. The van der Waals surface area contributed by atoms with Crippen LogP contribution >= 0.6 is 11.3 Å². The topological polar surface area (TPSA) is 37.8 Å². The van der Waals surface area contributed by atoms with Crippen LogP contribution in [0.2, 0.25) is 0 Å². The van der Waals surface area contributed by atoms with Gasteiger partial charge in [0.05, 0.1) is 29.0 Å². The summed E-state index contributed by atoms with van der Waals surface area (Å²) in [6.07, 6.45) is 1.82. The number of benzene rings is 1. The minimum Gasteiger partial charge on any atom is -0.378 e. The Labute approximate surface area is 110 Å². The number of nitrogens with one attached hydrogen (secondary N) is 1. The maximum atomic E-state index is 4.43. The van der Waals surface area contributed by atoms with Crippen molar-refractivity contribution >= 4 is 27.9 Å². The lowest BCUT2D eigenvalue weighted by molar-refractivity contribution is 1.12. The molecule has 0 aliphatic heterocycles. The third-order valence-electron chi connectivity index (χ3n) is 2.92. The first-order valence-electron chi connectivity index (χ1n) is 5.81. The number of aromatic nitrogens is 2. The smallest absolute Gasteiger partial charge is 0.0933 e. The summed E-state index contributed by atoms with van der Waals surface area (Å²) in [5.74, 6) is 0. The van der Waals surface area contributed by atoms with Crippen molar-refractivity contribution in [2.24, 2.45) is 0 Å². The number of thiazole rings is 1. The fraction of sp³-hybridized carbons (Fsp3) is 0.143. The van der Waals surface area contributed by atoms with E-state index in [0.717, 1.165) is 28.8 Å². The molecule has 3 aromatic rings. The van der Waals surface area contributed by atoms with Crippen molar-refractivity contribution in [3.63, 3.8) is 0 Å². The SMILES string of the molecule is Cc1ncsc1CNc1cccc2cccnc12. The fourth-order valence-corrected chi connectivity index (χ4v) is 2.64. The average molecular weight is 255 g/mol. The summed E-state index contributed by atoms with van der Waals surface area (Å²) in [5.41, 5.74) is 5.07. The molecule has 0 bridgehead atoms. The van der Waals surface area contributed by atoms with Gasteiger partial charge < -0.3 is 5.32 Å². The standard InChI is InChI=1S/C14H13N3S/c1-10-13(18-9-17-10)8-16-12-6-2-4-11-5-3-7-15-14(11)12/h2-7,9,16H,8H2,1H3. The van der Waals surface area contributed by atoms with E-state index in [2.05, 4.69) is 33.5 Å². The van der Waals surface area contributed by atoms with Crippen molar-refractivity contribution < 1.29 is 0 Å². The molecule has 90 valence electrons. The quantitative estimate of drug-likeness (QED) is 0.777. The van der Waals surface area contributed by atoms with Crippen molar-refractivity contribution in [2.75, 3.05) is 5.32 Å². The van der Waals surface area contributed by atoms with E-state index in [9.17, 15) is 0 Å². The molecule has 0 radical (unpaired) electrons. The molecule has 2 heterocycles. The predicted octanol–water partition coefficient (Wildman–Crippen LogP) is 3.61. The molecule has 0 saturated carbocycles. The summed E-state index contributed by atoms with van der Waals surface area (Å²) in [6.45, 7) is 2.83. The maximum absolute atomic E-state index is 4.43. The Morgan fingerprint density at radius 3 is 2.89 bits per heavy atom. The van der Waals surface area contributed by atoms with Crippen molar-refractivity contribution in [3.05, 3.63) is 52.6 Å². The minimum atomic E-state index is 0.798. The molecule has 1 aromatic carbocycles. The van der Waals surface area contributed by atoms with Crippen LogP contribution in [0.3, 0.4) is 0 Å². The highest BCUT2D eigenvalue weighted by Crippen LogP contribution is 2.22. The first-order chi connectivity index (χ1) is 8.84. The fourth-order valence-electron chi connectivity index (χ4n) is 1.92. The zero-order chi connectivity index (χ0) is 12.4. The third kappa shape index (κ3) is 2.07. The largest absolute Gasteiger partial charge is 0.378 e. The van der Waals surface area contributed by atoms with Gasteiger partial charge in [0.15, 0.2) is 0 Å². The van der Waals surface area contributed by atoms with E-state index in [4.69, 9.17) is 0 Å². The molecule has 0 spiro atoms. The molecule has 1 N–H and O–H groups in total. The molecular formula is C14H13N3S. The van der Waals surface area contributed by atoms with Gasteiger partial charge >= 0.3 is 0 Å². The molecule has 4 heteroatoms. The van der Waals surface area contributed by atoms with Gasteiger partial charge in [0.2, 0.25) is 0 Å². The van der Waals surface area contributed by atoms with Crippen molar-refractivity contribution in [3.8, 4) is 0 Å². The number of pyridine rings is 1. The van der Waals surface area contributed by atoms with Gasteiger partial charge in [0, 0.05) is 16.5 Å². The van der Waals surface area contributed by atoms with Crippen molar-refractivity contribution in [2.45, 2.75) is 13.5 Å². The molecule has 3 rings (SSSR count). The Morgan fingerprint density at radius 2 is 2.06 bits per heavy atom. The molecule has 0 unspecified atom stereocenters. The van der Waals surface area contributed by atoms with Crippen LogP contribution in [-0.2, 0) is 6.54 Å². The highest BCUT2D eigenvalue weighted by atomic mass is 32.1. The Hall–Kier alpha value is -1.94. The summed E-state index contributed by atoms with van der Waals surface area (Å²) in [5, 5.41) is 4.59. The van der Waals surface area contributed by atoms with Gasteiger partial charge in [0.1, 0.15) is 0 Å². The highest BCUT2D eigenvalue weighted by molar-refractivity contribution is 7.09. The summed E-state index contributed by atoms with van der Waals surface area (Å²) in [6, 6.07) is 10.2. The van der Waals surface area contributed by atoms with Crippen molar-refractivity contribution in [1.29, 1.82) is 0 Å². The van der Waals surface area contributed by atoms with Gasteiger partial charge in [-0.05, 0) is 19.1 Å². The van der Waals surface area contributed by atoms with E-state index in [-0.39, 0.29) is 0 Å². The van der Waals surface area contributed by atoms with Crippen LogP contribution in [0.25, 0.3) is 10.9 Å². The lowest BCUT2D eigenvalue weighted by Gasteiger charge is -2.08. The predicted molar refractivity (Wildman–Crippen MR) is 75.9 cm³/mol. The van der Waals surface area contributed by atoms with Crippen LogP contribution in [0.1, 0.15) is 10.6 Å². The second kappa shape index (κ2) is 4.74. The van der Waals surface area contributed by atoms with Gasteiger partial charge in [-0.1, -0.05) is 18.2 Å². The van der Waals surface area contributed by atoms with Crippen LogP contribution in [0.4, 0.5) is 5.69 Å². The molecule has 3 nitrogen and oxygen atoms in total. The Morgan fingerprint density at radius 1 is 1.17 bits per heavy atom. The van der Waals surface area contributed by atoms with Crippen LogP contribution in [-0.4, -0.2) is 9.97 Å². The number of anilines is 1. The Bertz CT molecular complexity index is 670. The number of para-hydroxylation sites is 1. The zero-order valence-corrected chi connectivity index (χ0v) is 10.9. The summed E-state index contributed by atoms with van der Waals surface area (Å²) in [7, 11) is 0. The van der Waals surface area contributed by atoms with Gasteiger partial charge in [-0.2, -0.15) is 0 Å². The minimum absolute atomic E-state index is 0.798. The molecule has 0 fully saturated rings. The van der Waals surface area contributed by atoms with Gasteiger partial charge in [0.25, 0.3) is 0 Å². The van der Waals surface area contributed by atoms with Gasteiger partial charge in [-0.3, -0.25) is 4.98 Å². The number of rotatable bonds is 3. The van der Waals surface area contributed by atoms with Crippen LogP contribution in [0.15, 0.2) is 42.0 Å². The average Bonchev–Trinajstić information content (AvgIpc) is 2.82. The summed E-state index contributed by atoms with van der Waals surface area (Å²) < 4.78 is 0. The van der Waals surface area contributed by atoms with E-state index >= 15 is 0 Å². The van der Waals surface area contributed by atoms with Gasteiger partial charge in [-0.25, -0.2) is 4.98 Å².